The Hall–Kier alpha value is -1.84. The molecule has 1 aromatic carbocycles. The van der Waals surface area contributed by atoms with Crippen molar-refractivity contribution in [2.45, 2.75) is 51.5 Å². The van der Waals surface area contributed by atoms with Crippen LogP contribution in [0.4, 0.5) is 0 Å². The third kappa shape index (κ3) is 4.06. The van der Waals surface area contributed by atoms with Gasteiger partial charge in [-0.15, -0.1) is 0 Å². The summed E-state index contributed by atoms with van der Waals surface area (Å²) in [5, 5.41) is 12.0. The number of hydrogen-bond donors (Lipinski definition) is 2. The molecule has 4 heteroatoms. The Balaban J connectivity index is 1.85. The van der Waals surface area contributed by atoms with Gasteiger partial charge in [0.15, 0.2) is 0 Å². The highest BCUT2D eigenvalue weighted by atomic mass is 16.4. The molecule has 1 saturated carbocycles. The summed E-state index contributed by atoms with van der Waals surface area (Å²) in [4.78, 5) is 23.0. The average molecular weight is 289 g/mol. The van der Waals surface area contributed by atoms with E-state index in [2.05, 4.69) is 31.3 Å². The monoisotopic (exact) mass is 289 g/mol. The topological polar surface area (TPSA) is 66.4 Å². The summed E-state index contributed by atoms with van der Waals surface area (Å²) in [7, 11) is 0. The lowest BCUT2D eigenvalue weighted by molar-refractivity contribution is -0.141. The first-order valence-electron chi connectivity index (χ1n) is 7.55. The Morgan fingerprint density at radius 1 is 1.33 bits per heavy atom. The summed E-state index contributed by atoms with van der Waals surface area (Å²) < 4.78 is 0. The van der Waals surface area contributed by atoms with Crippen LogP contribution in [-0.2, 0) is 9.59 Å². The van der Waals surface area contributed by atoms with E-state index in [0.717, 1.165) is 6.42 Å². The minimum Gasteiger partial charge on any atom is -0.481 e. The molecule has 2 N–H and O–H groups in total. The van der Waals surface area contributed by atoms with E-state index in [1.165, 1.54) is 11.1 Å². The van der Waals surface area contributed by atoms with Crippen LogP contribution in [0, 0.1) is 12.8 Å². The zero-order valence-electron chi connectivity index (χ0n) is 12.6. The number of benzene rings is 1. The molecule has 4 nitrogen and oxygen atoms in total. The van der Waals surface area contributed by atoms with Crippen molar-refractivity contribution in [1.82, 2.24) is 5.32 Å². The van der Waals surface area contributed by atoms with Crippen molar-refractivity contribution in [3.8, 4) is 0 Å². The SMILES string of the molecule is Cc1ccccc1[C@H](C)CC(=O)N[C@@H]1CC[C@H](C(=O)O)C1. The number of rotatable bonds is 5. The molecule has 0 saturated heterocycles. The first-order chi connectivity index (χ1) is 9.97. The van der Waals surface area contributed by atoms with Gasteiger partial charge < -0.3 is 10.4 Å². The maximum Gasteiger partial charge on any atom is 0.306 e. The van der Waals surface area contributed by atoms with Gasteiger partial charge in [-0.1, -0.05) is 31.2 Å². The Kier molecular flexibility index (Phi) is 4.99. The van der Waals surface area contributed by atoms with Crippen LogP contribution in [0.25, 0.3) is 0 Å². The number of aryl methyl sites for hydroxylation is 1. The molecule has 2 rings (SSSR count). The van der Waals surface area contributed by atoms with Gasteiger partial charge in [0.05, 0.1) is 5.92 Å². The molecule has 0 spiro atoms. The second-order valence-electron chi connectivity index (χ2n) is 6.07. The zero-order valence-corrected chi connectivity index (χ0v) is 12.6. The summed E-state index contributed by atoms with van der Waals surface area (Å²) in [5.74, 6) is -0.867. The summed E-state index contributed by atoms with van der Waals surface area (Å²) in [5.41, 5.74) is 2.40. The van der Waals surface area contributed by atoms with Crippen LogP contribution >= 0.6 is 0 Å². The quantitative estimate of drug-likeness (QED) is 0.876. The highest BCUT2D eigenvalue weighted by Crippen LogP contribution is 2.27. The van der Waals surface area contributed by atoms with E-state index in [9.17, 15) is 9.59 Å². The minimum absolute atomic E-state index is 0.0155. The Bertz CT molecular complexity index is 527. The molecular weight excluding hydrogens is 266 g/mol. The van der Waals surface area contributed by atoms with Gasteiger partial charge in [0.2, 0.25) is 5.91 Å². The first kappa shape index (κ1) is 15.5. The van der Waals surface area contributed by atoms with Crippen molar-refractivity contribution in [3.05, 3.63) is 35.4 Å². The van der Waals surface area contributed by atoms with Crippen molar-refractivity contribution >= 4 is 11.9 Å². The van der Waals surface area contributed by atoms with Gasteiger partial charge >= 0.3 is 5.97 Å². The summed E-state index contributed by atoms with van der Waals surface area (Å²) in [6.45, 7) is 4.11. The van der Waals surface area contributed by atoms with Gasteiger partial charge in [0, 0.05) is 12.5 Å². The molecule has 0 heterocycles. The second kappa shape index (κ2) is 6.74. The molecule has 1 aliphatic carbocycles. The molecule has 0 aromatic heterocycles. The Morgan fingerprint density at radius 2 is 2.05 bits per heavy atom. The van der Waals surface area contributed by atoms with E-state index >= 15 is 0 Å². The smallest absolute Gasteiger partial charge is 0.306 e. The molecule has 3 atom stereocenters. The van der Waals surface area contributed by atoms with Crippen LogP contribution in [0.1, 0.15) is 49.7 Å². The molecule has 1 amide bonds. The number of aliphatic carboxylic acids is 1. The van der Waals surface area contributed by atoms with Gasteiger partial charge in [-0.2, -0.15) is 0 Å². The second-order valence-corrected chi connectivity index (χ2v) is 6.07. The highest BCUT2D eigenvalue weighted by molar-refractivity contribution is 5.77. The van der Waals surface area contributed by atoms with Crippen molar-refractivity contribution in [2.75, 3.05) is 0 Å². The molecule has 114 valence electrons. The fourth-order valence-electron chi connectivity index (χ4n) is 3.15. The van der Waals surface area contributed by atoms with Crippen LogP contribution in [0.3, 0.4) is 0 Å². The zero-order chi connectivity index (χ0) is 15.4. The predicted molar refractivity (Wildman–Crippen MR) is 81.1 cm³/mol. The van der Waals surface area contributed by atoms with Gasteiger partial charge in [-0.25, -0.2) is 0 Å². The van der Waals surface area contributed by atoms with Crippen molar-refractivity contribution in [2.24, 2.45) is 5.92 Å². The van der Waals surface area contributed by atoms with E-state index in [1.807, 2.05) is 12.1 Å². The summed E-state index contributed by atoms with van der Waals surface area (Å²) >= 11 is 0. The van der Waals surface area contributed by atoms with Gasteiger partial charge in [-0.05, 0) is 43.2 Å². The molecule has 1 aliphatic rings. The van der Waals surface area contributed by atoms with Gasteiger partial charge in [0.25, 0.3) is 0 Å². The summed E-state index contributed by atoms with van der Waals surface area (Å²) in [6.07, 6.45) is 2.42. The molecule has 0 aliphatic heterocycles. The lowest BCUT2D eigenvalue weighted by Crippen LogP contribution is -2.34. The maximum atomic E-state index is 12.1. The third-order valence-corrected chi connectivity index (χ3v) is 4.36. The van der Waals surface area contributed by atoms with Gasteiger partial charge in [-0.3, -0.25) is 9.59 Å². The standard InChI is InChI=1S/C17H23NO3/c1-11-5-3-4-6-15(11)12(2)9-16(19)18-14-8-7-13(10-14)17(20)21/h3-6,12-14H,7-10H2,1-2H3,(H,18,19)(H,20,21)/t12-,13+,14-/m1/s1. The third-order valence-electron chi connectivity index (χ3n) is 4.36. The molecule has 1 aromatic rings. The molecular formula is C17H23NO3. The van der Waals surface area contributed by atoms with Crippen LogP contribution < -0.4 is 5.32 Å². The predicted octanol–water partition coefficient (Wildman–Crippen LogP) is 2.86. The van der Waals surface area contributed by atoms with Gasteiger partial charge in [0.1, 0.15) is 0 Å². The van der Waals surface area contributed by atoms with Crippen LogP contribution in [0.2, 0.25) is 0 Å². The fourth-order valence-corrected chi connectivity index (χ4v) is 3.15. The van der Waals surface area contributed by atoms with Crippen molar-refractivity contribution in [1.29, 1.82) is 0 Å². The van der Waals surface area contributed by atoms with E-state index in [4.69, 9.17) is 5.11 Å². The number of carboxylic acids is 1. The normalized spacial score (nSPS) is 22.8. The summed E-state index contributed by atoms with van der Waals surface area (Å²) in [6, 6.07) is 8.12. The number of carbonyl (C=O) groups excluding carboxylic acids is 1. The minimum atomic E-state index is -0.750. The lowest BCUT2D eigenvalue weighted by Gasteiger charge is -2.17. The lowest BCUT2D eigenvalue weighted by atomic mass is 9.93. The largest absolute Gasteiger partial charge is 0.481 e. The number of carbonyl (C=O) groups is 2. The Morgan fingerprint density at radius 3 is 2.67 bits per heavy atom. The molecule has 1 fully saturated rings. The van der Waals surface area contributed by atoms with Crippen molar-refractivity contribution < 1.29 is 14.7 Å². The average Bonchev–Trinajstić information content (AvgIpc) is 2.87. The number of carboxylic acid groups (broad SMARTS) is 1. The van der Waals surface area contributed by atoms with E-state index in [0.29, 0.717) is 19.3 Å². The Labute approximate surface area is 125 Å². The first-order valence-corrected chi connectivity index (χ1v) is 7.55. The maximum absolute atomic E-state index is 12.1. The number of amides is 1. The van der Waals surface area contributed by atoms with E-state index in [1.54, 1.807) is 0 Å². The fraction of sp³-hybridized carbons (Fsp3) is 0.529. The number of hydrogen-bond acceptors (Lipinski definition) is 2. The molecule has 21 heavy (non-hydrogen) atoms. The molecule has 0 bridgehead atoms. The highest BCUT2D eigenvalue weighted by Gasteiger charge is 2.30. The van der Waals surface area contributed by atoms with Crippen LogP contribution in [-0.4, -0.2) is 23.0 Å². The number of nitrogens with one attached hydrogen (secondary N) is 1. The molecule has 0 radical (unpaired) electrons. The van der Waals surface area contributed by atoms with Crippen LogP contribution in [0.15, 0.2) is 24.3 Å². The van der Waals surface area contributed by atoms with E-state index in [-0.39, 0.29) is 23.8 Å². The molecule has 0 unspecified atom stereocenters. The van der Waals surface area contributed by atoms with E-state index < -0.39 is 5.97 Å². The van der Waals surface area contributed by atoms with Crippen LogP contribution in [0.5, 0.6) is 0 Å². The van der Waals surface area contributed by atoms with Crippen molar-refractivity contribution in [3.63, 3.8) is 0 Å².